The summed E-state index contributed by atoms with van der Waals surface area (Å²) >= 11 is 0. The van der Waals surface area contributed by atoms with Gasteiger partial charge >= 0.3 is 5.63 Å². The van der Waals surface area contributed by atoms with E-state index in [9.17, 15) is 9.18 Å². The summed E-state index contributed by atoms with van der Waals surface area (Å²) in [4.78, 5) is 11.4. The van der Waals surface area contributed by atoms with Gasteiger partial charge in [0, 0.05) is 6.07 Å². The first-order valence-electron chi connectivity index (χ1n) is 6.99. The van der Waals surface area contributed by atoms with Crippen LogP contribution in [0.4, 0.5) is 10.3 Å². The predicted octanol–water partition coefficient (Wildman–Crippen LogP) is 2.08. The molecule has 0 unspecified atom stereocenters. The van der Waals surface area contributed by atoms with Crippen molar-refractivity contribution in [2.24, 2.45) is 11.1 Å². The molecule has 0 amide bonds. The molecule has 1 aliphatic carbocycles. The standard InChI is InChI=1S/C14H19FN2O4/c15-6-7-20-14(17-19)12-10(3-1-2-9-4-5-9)8-11(18)21-13(12)16/h8-9,19H,1-7,16H2/b17-14+. The monoisotopic (exact) mass is 298 g/mol. The number of aryl methyl sites for hydroxylation is 1. The Bertz CT molecular complexity index is 567. The van der Waals surface area contributed by atoms with Crippen LogP contribution in [0.1, 0.15) is 36.8 Å². The predicted molar refractivity (Wildman–Crippen MR) is 75.3 cm³/mol. The number of nitrogen functional groups attached to an aromatic ring is 1. The van der Waals surface area contributed by atoms with Crippen molar-refractivity contribution in [3.05, 3.63) is 27.6 Å². The molecule has 2 rings (SSSR count). The van der Waals surface area contributed by atoms with E-state index in [0.29, 0.717) is 12.0 Å². The van der Waals surface area contributed by atoms with E-state index >= 15 is 0 Å². The topological polar surface area (TPSA) is 98.1 Å². The smallest absolute Gasteiger partial charge is 0.337 e. The van der Waals surface area contributed by atoms with Gasteiger partial charge in [-0.2, -0.15) is 0 Å². The van der Waals surface area contributed by atoms with E-state index < -0.39 is 12.3 Å². The molecule has 1 heterocycles. The van der Waals surface area contributed by atoms with Gasteiger partial charge in [-0.3, -0.25) is 0 Å². The van der Waals surface area contributed by atoms with Gasteiger partial charge in [0.25, 0.3) is 5.90 Å². The van der Waals surface area contributed by atoms with Crippen LogP contribution in [0.5, 0.6) is 0 Å². The minimum atomic E-state index is -0.729. The Morgan fingerprint density at radius 2 is 2.33 bits per heavy atom. The summed E-state index contributed by atoms with van der Waals surface area (Å²) in [5.41, 5.74) is 5.93. The Kier molecular flexibility index (Phi) is 5.19. The third-order valence-electron chi connectivity index (χ3n) is 3.45. The van der Waals surface area contributed by atoms with Gasteiger partial charge in [-0.05, 0) is 29.5 Å². The number of rotatable bonds is 7. The first-order chi connectivity index (χ1) is 10.2. The molecular weight excluding hydrogens is 279 g/mol. The van der Waals surface area contributed by atoms with Crippen LogP contribution >= 0.6 is 0 Å². The third kappa shape index (κ3) is 4.21. The lowest BCUT2D eigenvalue weighted by atomic mass is 10.0. The van der Waals surface area contributed by atoms with Crippen molar-refractivity contribution in [3.63, 3.8) is 0 Å². The van der Waals surface area contributed by atoms with Crippen LogP contribution in [-0.4, -0.2) is 24.4 Å². The minimum Gasteiger partial charge on any atom is -0.472 e. The number of anilines is 1. The van der Waals surface area contributed by atoms with Crippen LogP contribution < -0.4 is 11.4 Å². The Labute approximate surface area is 121 Å². The Balaban J connectivity index is 2.20. The number of nitrogens with zero attached hydrogens (tertiary/aromatic N) is 1. The number of ether oxygens (including phenoxy) is 1. The summed E-state index contributed by atoms with van der Waals surface area (Å²) < 4.78 is 22.0. The van der Waals surface area contributed by atoms with Crippen LogP contribution in [0, 0.1) is 5.92 Å². The van der Waals surface area contributed by atoms with Crippen molar-refractivity contribution in [1.82, 2.24) is 0 Å². The number of hydrogen-bond donors (Lipinski definition) is 2. The molecule has 1 aromatic heterocycles. The summed E-state index contributed by atoms with van der Waals surface area (Å²) in [7, 11) is 0. The molecule has 1 aromatic rings. The first-order valence-corrected chi connectivity index (χ1v) is 6.99. The van der Waals surface area contributed by atoms with Crippen molar-refractivity contribution in [2.75, 3.05) is 19.0 Å². The highest BCUT2D eigenvalue weighted by Gasteiger charge is 2.22. The van der Waals surface area contributed by atoms with Gasteiger partial charge < -0.3 is 20.1 Å². The molecule has 0 radical (unpaired) electrons. The number of nitrogens with two attached hydrogens (primary N) is 1. The molecule has 7 heteroatoms. The summed E-state index contributed by atoms with van der Waals surface area (Å²) in [6.45, 7) is -0.994. The second-order valence-corrected chi connectivity index (χ2v) is 5.11. The molecule has 21 heavy (non-hydrogen) atoms. The maximum atomic E-state index is 12.2. The summed E-state index contributed by atoms with van der Waals surface area (Å²) in [5, 5.41) is 12.0. The molecule has 0 aromatic carbocycles. The Morgan fingerprint density at radius 1 is 1.57 bits per heavy atom. The zero-order valence-corrected chi connectivity index (χ0v) is 11.7. The second kappa shape index (κ2) is 7.10. The summed E-state index contributed by atoms with van der Waals surface area (Å²) in [5.74, 6) is 0.366. The van der Waals surface area contributed by atoms with E-state index in [4.69, 9.17) is 20.1 Å². The van der Waals surface area contributed by atoms with Gasteiger partial charge in [-0.25, -0.2) is 9.18 Å². The minimum absolute atomic E-state index is 0.185. The van der Waals surface area contributed by atoms with Crippen LogP contribution in [0.3, 0.4) is 0 Å². The second-order valence-electron chi connectivity index (χ2n) is 5.11. The average molecular weight is 298 g/mol. The largest absolute Gasteiger partial charge is 0.472 e. The molecule has 1 saturated carbocycles. The fourth-order valence-corrected chi connectivity index (χ4v) is 2.28. The van der Waals surface area contributed by atoms with E-state index in [2.05, 4.69) is 5.16 Å². The van der Waals surface area contributed by atoms with Gasteiger partial charge in [-0.15, -0.1) is 0 Å². The highest BCUT2D eigenvalue weighted by Crippen LogP contribution is 2.34. The Hall–Kier alpha value is -2.05. The summed E-state index contributed by atoms with van der Waals surface area (Å²) in [6.07, 6.45) is 5.09. The van der Waals surface area contributed by atoms with Crippen molar-refractivity contribution in [3.8, 4) is 0 Å². The van der Waals surface area contributed by atoms with Crippen LogP contribution in [0.15, 0.2) is 20.4 Å². The van der Waals surface area contributed by atoms with Gasteiger partial charge in [0.2, 0.25) is 5.88 Å². The zero-order valence-electron chi connectivity index (χ0n) is 11.7. The third-order valence-corrected chi connectivity index (χ3v) is 3.45. The molecule has 6 nitrogen and oxygen atoms in total. The number of hydrogen-bond acceptors (Lipinski definition) is 6. The van der Waals surface area contributed by atoms with E-state index in [1.165, 1.54) is 18.9 Å². The van der Waals surface area contributed by atoms with Gasteiger partial charge in [0.05, 0.1) is 0 Å². The van der Waals surface area contributed by atoms with E-state index in [0.717, 1.165) is 18.8 Å². The van der Waals surface area contributed by atoms with Crippen molar-refractivity contribution in [2.45, 2.75) is 32.1 Å². The summed E-state index contributed by atoms with van der Waals surface area (Å²) in [6, 6.07) is 1.31. The van der Waals surface area contributed by atoms with E-state index in [-0.39, 0.29) is 24.0 Å². The molecule has 0 saturated heterocycles. The van der Waals surface area contributed by atoms with Crippen molar-refractivity contribution < 1.29 is 18.8 Å². The molecule has 1 aliphatic rings. The molecule has 116 valence electrons. The zero-order chi connectivity index (χ0) is 15.2. The first kappa shape index (κ1) is 15.3. The SMILES string of the molecule is Nc1oc(=O)cc(CCCC2CC2)c1/C(=N\O)OCCF. The van der Waals surface area contributed by atoms with E-state index in [1.54, 1.807) is 0 Å². The van der Waals surface area contributed by atoms with Gasteiger partial charge in [0.15, 0.2) is 0 Å². The highest BCUT2D eigenvalue weighted by molar-refractivity contribution is 5.98. The molecule has 0 aliphatic heterocycles. The maximum absolute atomic E-state index is 12.2. The fourth-order valence-electron chi connectivity index (χ4n) is 2.28. The fraction of sp³-hybridized carbons (Fsp3) is 0.571. The quantitative estimate of drug-likeness (QED) is 0.347. The highest BCUT2D eigenvalue weighted by atomic mass is 19.1. The van der Waals surface area contributed by atoms with E-state index in [1.807, 2.05) is 0 Å². The lowest BCUT2D eigenvalue weighted by Crippen LogP contribution is -2.17. The van der Waals surface area contributed by atoms with Crippen LogP contribution in [0.25, 0.3) is 0 Å². The average Bonchev–Trinajstić information content (AvgIpc) is 3.25. The number of alkyl halides is 1. The molecular formula is C14H19FN2O4. The molecule has 1 fully saturated rings. The van der Waals surface area contributed by atoms with Gasteiger partial charge in [-0.1, -0.05) is 19.3 Å². The van der Waals surface area contributed by atoms with Crippen molar-refractivity contribution in [1.29, 1.82) is 0 Å². The lowest BCUT2D eigenvalue weighted by Gasteiger charge is -2.12. The normalized spacial score (nSPS) is 15.2. The lowest BCUT2D eigenvalue weighted by molar-refractivity contribution is 0.234. The molecule has 3 N–H and O–H groups in total. The molecule has 0 atom stereocenters. The van der Waals surface area contributed by atoms with Crippen LogP contribution in [-0.2, 0) is 11.2 Å². The number of oxime groups is 1. The number of halogens is 1. The molecule has 0 bridgehead atoms. The molecule has 0 spiro atoms. The van der Waals surface area contributed by atoms with Gasteiger partial charge in [0.1, 0.15) is 18.8 Å². The van der Waals surface area contributed by atoms with Crippen LogP contribution in [0.2, 0.25) is 0 Å². The maximum Gasteiger partial charge on any atom is 0.337 e. The Morgan fingerprint density at radius 3 is 2.95 bits per heavy atom. The van der Waals surface area contributed by atoms with Crippen molar-refractivity contribution >= 4 is 11.8 Å².